The van der Waals surface area contributed by atoms with Gasteiger partial charge in [0.25, 0.3) is 0 Å². The Kier molecular flexibility index (Phi) is 2.15. The Bertz CT molecular complexity index is 631. The maximum absolute atomic E-state index is 12.8. The summed E-state index contributed by atoms with van der Waals surface area (Å²) in [7, 11) is 0. The van der Waals surface area contributed by atoms with E-state index in [4.69, 9.17) is 0 Å². The van der Waals surface area contributed by atoms with Gasteiger partial charge in [-0.05, 0) is 17.7 Å². The fourth-order valence-corrected chi connectivity index (χ4v) is 2.57. The van der Waals surface area contributed by atoms with Gasteiger partial charge in [-0.25, -0.2) is 14.4 Å². The highest BCUT2D eigenvalue weighted by Gasteiger charge is 2.07. The van der Waals surface area contributed by atoms with Crippen molar-refractivity contribution < 1.29 is 4.39 Å². The molecule has 0 unspecified atom stereocenters. The van der Waals surface area contributed by atoms with E-state index in [9.17, 15) is 4.39 Å². The molecule has 0 aliphatic carbocycles. The Hall–Kier alpha value is -1.81. The van der Waals surface area contributed by atoms with Gasteiger partial charge in [-0.1, -0.05) is 12.1 Å². The zero-order valence-electron chi connectivity index (χ0n) is 8.22. The van der Waals surface area contributed by atoms with Crippen molar-refractivity contribution in [3.63, 3.8) is 0 Å². The maximum Gasteiger partial charge on any atom is 0.123 e. The Morgan fingerprint density at radius 2 is 1.94 bits per heavy atom. The maximum atomic E-state index is 12.8. The summed E-state index contributed by atoms with van der Waals surface area (Å²) in [6.07, 6.45) is 3.31. The first-order valence-electron chi connectivity index (χ1n) is 4.78. The number of hydrogen-bond donors (Lipinski definition) is 0. The molecular weight excluding hydrogens is 223 g/mol. The molecule has 1 aromatic carbocycles. The minimum Gasteiger partial charge on any atom is -0.244 e. The third kappa shape index (κ3) is 1.47. The van der Waals surface area contributed by atoms with Crippen LogP contribution in [0, 0.1) is 5.82 Å². The molecule has 0 N–H and O–H groups in total. The van der Waals surface area contributed by atoms with Crippen molar-refractivity contribution >= 4 is 22.2 Å². The Morgan fingerprint density at radius 1 is 1.12 bits per heavy atom. The molecule has 0 radical (unpaired) electrons. The molecule has 2 aromatic heterocycles. The molecule has 78 valence electrons. The molecule has 0 fully saturated rings. The Morgan fingerprint density at radius 3 is 2.75 bits per heavy atom. The molecule has 3 rings (SSSR count). The van der Waals surface area contributed by atoms with Crippen molar-refractivity contribution in [1.82, 2.24) is 9.97 Å². The smallest absolute Gasteiger partial charge is 0.123 e. The van der Waals surface area contributed by atoms with Crippen LogP contribution in [0.2, 0.25) is 0 Å². The van der Waals surface area contributed by atoms with Crippen LogP contribution in [0.15, 0.2) is 42.2 Å². The number of nitrogens with zero attached hydrogens (tertiary/aromatic N) is 2. The second-order valence-corrected chi connectivity index (χ2v) is 4.28. The topological polar surface area (TPSA) is 25.8 Å². The standard InChI is InChI=1S/C12H7FN2S/c13-10-3-1-8(2-4-10)12-11-9(6-16-12)5-14-7-15-11/h1-7H. The number of fused-ring (bicyclic) bond motifs is 1. The van der Waals surface area contributed by atoms with Gasteiger partial charge in [0.05, 0.1) is 10.4 Å². The van der Waals surface area contributed by atoms with Crippen LogP contribution in [0.1, 0.15) is 0 Å². The summed E-state index contributed by atoms with van der Waals surface area (Å²) in [5, 5.41) is 3.03. The lowest BCUT2D eigenvalue weighted by molar-refractivity contribution is 0.628. The van der Waals surface area contributed by atoms with Crippen molar-refractivity contribution in [2.75, 3.05) is 0 Å². The van der Waals surface area contributed by atoms with E-state index >= 15 is 0 Å². The van der Waals surface area contributed by atoms with Crippen molar-refractivity contribution in [1.29, 1.82) is 0 Å². The SMILES string of the molecule is Fc1ccc(-c2scc3cncnc23)cc1. The lowest BCUT2D eigenvalue weighted by Crippen LogP contribution is -1.80. The number of benzene rings is 1. The summed E-state index contributed by atoms with van der Waals surface area (Å²) in [4.78, 5) is 9.27. The normalized spacial score (nSPS) is 10.8. The number of hydrogen-bond acceptors (Lipinski definition) is 3. The number of halogens is 1. The second-order valence-electron chi connectivity index (χ2n) is 3.40. The van der Waals surface area contributed by atoms with Gasteiger partial charge < -0.3 is 0 Å². The quantitative estimate of drug-likeness (QED) is 0.639. The van der Waals surface area contributed by atoms with E-state index in [1.54, 1.807) is 29.7 Å². The van der Waals surface area contributed by atoms with Crippen LogP contribution >= 0.6 is 11.3 Å². The number of rotatable bonds is 1. The average Bonchev–Trinajstić information content (AvgIpc) is 2.74. The van der Waals surface area contributed by atoms with Gasteiger partial charge in [0.15, 0.2) is 0 Å². The fraction of sp³-hybridized carbons (Fsp3) is 0. The Balaban J connectivity index is 2.22. The van der Waals surface area contributed by atoms with E-state index in [-0.39, 0.29) is 5.82 Å². The van der Waals surface area contributed by atoms with Crippen LogP contribution in [0.25, 0.3) is 21.3 Å². The van der Waals surface area contributed by atoms with Crippen LogP contribution in [0.5, 0.6) is 0 Å². The summed E-state index contributed by atoms with van der Waals surface area (Å²) in [6, 6.07) is 6.45. The van der Waals surface area contributed by atoms with Crippen LogP contribution < -0.4 is 0 Å². The highest BCUT2D eigenvalue weighted by molar-refractivity contribution is 7.15. The predicted molar refractivity (Wildman–Crippen MR) is 62.8 cm³/mol. The zero-order valence-corrected chi connectivity index (χ0v) is 9.04. The molecule has 4 heteroatoms. The molecule has 3 aromatic rings. The highest BCUT2D eigenvalue weighted by Crippen LogP contribution is 2.32. The minimum absolute atomic E-state index is 0.223. The molecule has 16 heavy (non-hydrogen) atoms. The lowest BCUT2D eigenvalue weighted by Gasteiger charge is -1.97. The van der Waals surface area contributed by atoms with Gasteiger partial charge in [0, 0.05) is 17.0 Å². The van der Waals surface area contributed by atoms with E-state index in [2.05, 4.69) is 9.97 Å². The Labute approximate surface area is 95.4 Å². The molecule has 0 saturated carbocycles. The predicted octanol–water partition coefficient (Wildman–Crippen LogP) is 3.50. The first-order valence-corrected chi connectivity index (χ1v) is 5.66. The molecule has 0 aliphatic rings. The van der Waals surface area contributed by atoms with E-state index < -0.39 is 0 Å². The van der Waals surface area contributed by atoms with Gasteiger partial charge in [-0.3, -0.25) is 0 Å². The monoisotopic (exact) mass is 230 g/mol. The molecule has 2 heterocycles. The van der Waals surface area contributed by atoms with Crippen molar-refractivity contribution in [2.45, 2.75) is 0 Å². The lowest BCUT2D eigenvalue weighted by atomic mass is 10.1. The second kappa shape index (κ2) is 3.64. The summed E-state index contributed by atoms with van der Waals surface area (Å²) in [5.74, 6) is -0.223. The van der Waals surface area contributed by atoms with Crippen molar-refractivity contribution in [3.05, 3.63) is 48.0 Å². The highest BCUT2D eigenvalue weighted by atomic mass is 32.1. The van der Waals surface area contributed by atoms with Gasteiger partial charge in [-0.2, -0.15) is 0 Å². The minimum atomic E-state index is -0.223. The van der Waals surface area contributed by atoms with E-state index in [0.29, 0.717) is 0 Å². The van der Waals surface area contributed by atoms with Gasteiger partial charge in [-0.15, -0.1) is 11.3 Å². The van der Waals surface area contributed by atoms with Crippen LogP contribution in [0.4, 0.5) is 4.39 Å². The molecule has 0 bridgehead atoms. The first kappa shape index (κ1) is 9.42. The largest absolute Gasteiger partial charge is 0.244 e. The zero-order chi connectivity index (χ0) is 11.0. The van der Waals surface area contributed by atoms with Crippen LogP contribution in [-0.2, 0) is 0 Å². The van der Waals surface area contributed by atoms with Gasteiger partial charge >= 0.3 is 0 Å². The van der Waals surface area contributed by atoms with Crippen LogP contribution in [-0.4, -0.2) is 9.97 Å². The number of thiophene rings is 1. The van der Waals surface area contributed by atoms with Crippen LogP contribution in [0.3, 0.4) is 0 Å². The van der Waals surface area contributed by atoms with Gasteiger partial charge in [0.2, 0.25) is 0 Å². The summed E-state index contributed by atoms with van der Waals surface area (Å²) >= 11 is 1.60. The molecular formula is C12H7FN2S. The molecule has 0 saturated heterocycles. The molecule has 0 aliphatic heterocycles. The van der Waals surface area contributed by atoms with Crippen molar-refractivity contribution in [2.24, 2.45) is 0 Å². The first-order chi connectivity index (χ1) is 7.84. The number of aromatic nitrogens is 2. The average molecular weight is 230 g/mol. The van der Waals surface area contributed by atoms with E-state index in [1.807, 2.05) is 5.38 Å². The fourth-order valence-electron chi connectivity index (χ4n) is 1.60. The third-order valence-corrected chi connectivity index (χ3v) is 3.40. The van der Waals surface area contributed by atoms with Crippen molar-refractivity contribution in [3.8, 4) is 10.4 Å². The molecule has 0 atom stereocenters. The van der Waals surface area contributed by atoms with E-state index in [0.717, 1.165) is 21.3 Å². The molecule has 0 spiro atoms. The van der Waals surface area contributed by atoms with E-state index in [1.165, 1.54) is 18.5 Å². The third-order valence-electron chi connectivity index (χ3n) is 2.37. The molecule has 0 amide bonds. The summed E-state index contributed by atoms with van der Waals surface area (Å²) in [6.45, 7) is 0. The summed E-state index contributed by atoms with van der Waals surface area (Å²) < 4.78 is 12.8. The van der Waals surface area contributed by atoms with Gasteiger partial charge in [0.1, 0.15) is 12.1 Å². The molecule has 2 nitrogen and oxygen atoms in total. The summed E-state index contributed by atoms with van der Waals surface area (Å²) in [5.41, 5.74) is 1.91.